The van der Waals surface area contributed by atoms with Gasteiger partial charge in [0.05, 0.1) is 26.4 Å². The van der Waals surface area contributed by atoms with Gasteiger partial charge in [0.2, 0.25) is 0 Å². The van der Waals surface area contributed by atoms with Crippen LogP contribution in [0.3, 0.4) is 0 Å². The standard InChI is InChI=1S/C117H204O16P2/c1-4-7-10-13-16-19-22-25-28-31-34-37-40-43-46-49-51-53-55-57-59-62-64-67-70-73-76-79-82-85-88-91-94-97-100-103-115(120)127-106-112(118)107-129-134(123,124)130-108-113(119)109-131-135(125,126)132-111-114(133-117(122)105-102-99-96-93-90-87-84-81-78-75-72-69-66-61-48-45-42-39-36-33-30-27-24-21-18-15-12-9-6-3)110-128-116(121)104-101-98-95-92-89-86-83-80-77-74-71-68-65-63-60-58-56-54-52-50-47-44-41-38-35-32-29-26-23-20-17-14-11-8-5-2/h7,9-10,12,16-21,25-30,34-39,43-48,112-114,118-119H,4-6,8,11,13-15,22-24,31-33,40-42,49-111H2,1-3H3,(H,123,124)(H,125,126)/b10-7-,12-9-,19-16-,20-17-,21-18-,28-25-,29-26-,30-27-,37-34-,38-35-,39-36-,46-43-,47-44-,48-45-. The second-order valence-electron chi connectivity index (χ2n) is 37.1. The molecule has 18 heteroatoms. The third-order valence-electron chi connectivity index (χ3n) is 23.9. The fraction of sp³-hybridized carbons (Fsp3) is 0.735. The van der Waals surface area contributed by atoms with Gasteiger partial charge in [-0.25, -0.2) is 9.13 Å². The Bertz CT molecular complexity index is 3140. The molecule has 0 spiro atoms. The molecule has 0 aromatic rings. The van der Waals surface area contributed by atoms with Crippen molar-refractivity contribution < 1.29 is 75.8 Å². The van der Waals surface area contributed by atoms with Crippen LogP contribution in [0.4, 0.5) is 0 Å². The van der Waals surface area contributed by atoms with Gasteiger partial charge in [0.25, 0.3) is 0 Å². The summed E-state index contributed by atoms with van der Waals surface area (Å²) in [6, 6.07) is 0. The van der Waals surface area contributed by atoms with Gasteiger partial charge in [-0.2, -0.15) is 0 Å². The smallest absolute Gasteiger partial charge is 0.463 e. The summed E-state index contributed by atoms with van der Waals surface area (Å²) in [7, 11) is -9.82. The van der Waals surface area contributed by atoms with Gasteiger partial charge in [-0.3, -0.25) is 32.5 Å². The topological polar surface area (TPSA) is 231 Å². The molecule has 0 saturated carbocycles. The highest BCUT2D eigenvalue weighted by atomic mass is 31.2. The summed E-state index contributed by atoms with van der Waals surface area (Å²) in [5, 5.41) is 20.8. The molecule has 16 nitrogen and oxygen atoms in total. The van der Waals surface area contributed by atoms with Crippen LogP contribution in [0.5, 0.6) is 0 Å². The highest BCUT2D eigenvalue weighted by Crippen LogP contribution is 2.45. The van der Waals surface area contributed by atoms with Crippen LogP contribution in [-0.4, -0.2) is 95.9 Å². The lowest BCUT2D eigenvalue weighted by Gasteiger charge is -2.21. The zero-order valence-corrected chi connectivity index (χ0v) is 88.3. The van der Waals surface area contributed by atoms with E-state index < -0.39 is 91.5 Å². The Morgan fingerprint density at radius 3 is 0.622 bits per heavy atom. The number of carbonyl (C=O) groups is 3. The van der Waals surface area contributed by atoms with Crippen molar-refractivity contribution in [2.45, 2.75) is 514 Å². The zero-order chi connectivity index (χ0) is 97.8. The maximum atomic E-state index is 13.2. The van der Waals surface area contributed by atoms with E-state index in [0.29, 0.717) is 19.3 Å². The minimum absolute atomic E-state index is 0.102. The van der Waals surface area contributed by atoms with E-state index in [1.54, 1.807) is 0 Å². The van der Waals surface area contributed by atoms with Gasteiger partial charge >= 0.3 is 33.6 Å². The molecule has 0 aliphatic rings. The van der Waals surface area contributed by atoms with Crippen LogP contribution in [0, 0.1) is 0 Å². The molecule has 0 aliphatic carbocycles. The summed E-state index contributed by atoms with van der Waals surface area (Å²) in [5.41, 5.74) is 0. The fourth-order valence-electron chi connectivity index (χ4n) is 15.6. The van der Waals surface area contributed by atoms with Gasteiger partial charge in [0.15, 0.2) is 6.10 Å². The van der Waals surface area contributed by atoms with Gasteiger partial charge in [0.1, 0.15) is 25.4 Å². The van der Waals surface area contributed by atoms with Crippen molar-refractivity contribution in [3.8, 4) is 0 Å². The number of phosphoric acid groups is 2. The van der Waals surface area contributed by atoms with Crippen molar-refractivity contribution in [3.63, 3.8) is 0 Å². The van der Waals surface area contributed by atoms with Gasteiger partial charge in [-0.1, -0.05) is 493 Å². The van der Waals surface area contributed by atoms with Crippen molar-refractivity contribution in [1.29, 1.82) is 0 Å². The van der Waals surface area contributed by atoms with Crippen LogP contribution in [0.1, 0.15) is 496 Å². The summed E-state index contributed by atoms with van der Waals surface area (Å²) < 4.78 is 61.8. The Hall–Kier alpha value is -5.09. The Balaban J connectivity index is 4.57. The largest absolute Gasteiger partial charge is 0.472 e. The average molecular weight is 1930 g/mol. The molecule has 0 fully saturated rings. The third-order valence-corrected chi connectivity index (χ3v) is 25.8. The van der Waals surface area contributed by atoms with Crippen LogP contribution in [0.15, 0.2) is 170 Å². The molecule has 0 heterocycles. The summed E-state index contributed by atoms with van der Waals surface area (Å²) in [6.45, 7) is 2.53. The van der Waals surface area contributed by atoms with Crippen molar-refractivity contribution in [2.24, 2.45) is 0 Å². The van der Waals surface area contributed by atoms with E-state index in [1.165, 1.54) is 283 Å². The third kappa shape index (κ3) is 109. The molecule has 135 heavy (non-hydrogen) atoms. The number of aliphatic hydroxyl groups excluding tert-OH is 2. The highest BCUT2D eigenvalue weighted by molar-refractivity contribution is 7.47. The van der Waals surface area contributed by atoms with E-state index in [9.17, 15) is 43.5 Å². The number of hydrogen-bond donors (Lipinski definition) is 4. The molecule has 778 valence electrons. The molecule has 0 radical (unpaired) electrons. The normalized spacial score (nSPS) is 14.2. The Kier molecular flexibility index (Phi) is 104. The molecule has 0 rings (SSSR count). The zero-order valence-electron chi connectivity index (χ0n) is 86.5. The number of esters is 3. The van der Waals surface area contributed by atoms with Crippen molar-refractivity contribution >= 4 is 33.6 Å². The first-order valence-corrected chi connectivity index (χ1v) is 58.4. The van der Waals surface area contributed by atoms with Gasteiger partial charge in [-0.15, -0.1) is 0 Å². The molecule has 5 atom stereocenters. The summed E-state index contributed by atoms with van der Waals surface area (Å²) in [5.74, 6) is -1.55. The number of allylic oxidation sites excluding steroid dienone is 28. The van der Waals surface area contributed by atoms with Crippen molar-refractivity contribution in [2.75, 3.05) is 39.6 Å². The number of phosphoric ester groups is 2. The molecule has 4 N–H and O–H groups in total. The van der Waals surface area contributed by atoms with E-state index in [4.69, 9.17) is 32.3 Å². The fourth-order valence-corrected chi connectivity index (χ4v) is 17.2. The lowest BCUT2D eigenvalue weighted by Crippen LogP contribution is -2.30. The van der Waals surface area contributed by atoms with Gasteiger partial charge in [-0.05, 0) is 154 Å². The minimum atomic E-state index is -4.95. The number of unbranched alkanes of at least 4 members (excludes halogenated alkanes) is 54. The van der Waals surface area contributed by atoms with Crippen LogP contribution >= 0.6 is 15.6 Å². The predicted octanol–water partition coefficient (Wildman–Crippen LogP) is 35.7. The van der Waals surface area contributed by atoms with Gasteiger partial charge in [0, 0.05) is 19.3 Å². The van der Waals surface area contributed by atoms with Crippen LogP contribution < -0.4 is 0 Å². The van der Waals surface area contributed by atoms with E-state index in [0.717, 1.165) is 154 Å². The molecule has 0 amide bonds. The second kappa shape index (κ2) is 108. The summed E-state index contributed by atoms with van der Waals surface area (Å²) >= 11 is 0. The van der Waals surface area contributed by atoms with E-state index in [2.05, 4.69) is 191 Å². The Morgan fingerprint density at radius 1 is 0.215 bits per heavy atom. The van der Waals surface area contributed by atoms with Gasteiger partial charge < -0.3 is 34.2 Å². The lowest BCUT2D eigenvalue weighted by molar-refractivity contribution is -0.161. The lowest BCUT2D eigenvalue weighted by atomic mass is 10.0. The average Bonchev–Trinajstić information content (AvgIpc) is 0.895. The number of ether oxygens (including phenoxy) is 3. The van der Waals surface area contributed by atoms with Crippen LogP contribution in [0.25, 0.3) is 0 Å². The quantitative estimate of drug-likeness (QED) is 0.0146. The number of aliphatic hydroxyl groups is 2. The maximum Gasteiger partial charge on any atom is 0.472 e. The first kappa shape index (κ1) is 130. The molecular weight excluding hydrogens is 1720 g/mol. The van der Waals surface area contributed by atoms with Crippen LogP contribution in [-0.2, 0) is 55.8 Å². The van der Waals surface area contributed by atoms with E-state index >= 15 is 0 Å². The van der Waals surface area contributed by atoms with E-state index in [-0.39, 0.29) is 19.3 Å². The Labute approximate surface area is 828 Å². The molecule has 0 aliphatic heterocycles. The monoisotopic (exact) mass is 1930 g/mol. The molecular formula is C117H204O16P2. The molecule has 0 bridgehead atoms. The van der Waals surface area contributed by atoms with E-state index in [1.807, 2.05) is 0 Å². The Morgan fingerprint density at radius 2 is 0.393 bits per heavy atom. The molecule has 5 unspecified atom stereocenters. The SMILES string of the molecule is CC/C=C\C/C=C\C/C=C\C/C=C\C/C=C\CCCCCCCCCCCCCCCCCCCCCC(=O)OCC(O)COP(=O)(O)OCC(O)COP(=O)(O)OCC(COC(=O)CCCCCCCCCCCCCCCCCCCCC/C=C\C/C=C\C/C=C\C/C=C\CCCCC)OC(=O)CCCCCCCCCCCCCCC/C=C\C/C=C\C/C=C\C/C=C\C/C=C\CC. The first-order valence-electron chi connectivity index (χ1n) is 55.4. The summed E-state index contributed by atoms with van der Waals surface area (Å²) in [4.78, 5) is 59.4. The molecule has 0 aromatic carbocycles. The first-order chi connectivity index (χ1) is 66.2. The second-order valence-corrected chi connectivity index (χ2v) is 40.0. The van der Waals surface area contributed by atoms with Crippen LogP contribution in [0.2, 0.25) is 0 Å². The summed E-state index contributed by atoms with van der Waals surface area (Å²) in [6.07, 6.45) is 143. The predicted molar refractivity (Wildman–Crippen MR) is 574 cm³/mol. The van der Waals surface area contributed by atoms with Crippen molar-refractivity contribution in [1.82, 2.24) is 0 Å². The van der Waals surface area contributed by atoms with Crippen molar-refractivity contribution in [3.05, 3.63) is 170 Å². The number of rotatable bonds is 105. The maximum absolute atomic E-state index is 13.2. The number of hydrogen-bond acceptors (Lipinski definition) is 14. The number of carbonyl (C=O) groups excluding carboxylic acids is 3. The highest BCUT2D eigenvalue weighted by Gasteiger charge is 2.30. The minimum Gasteiger partial charge on any atom is -0.463 e. The molecule has 0 saturated heterocycles. The molecule has 0 aromatic heterocycles.